The van der Waals surface area contributed by atoms with Gasteiger partial charge in [-0.25, -0.2) is 4.99 Å². The van der Waals surface area contributed by atoms with E-state index in [0.29, 0.717) is 12.0 Å². The van der Waals surface area contributed by atoms with E-state index in [1.54, 1.807) is 19.0 Å². The summed E-state index contributed by atoms with van der Waals surface area (Å²) in [5, 5.41) is 6.79. The maximum absolute atomic E-state index is 11.8. The van der Waals surface area contributed by atoms with Gasteiger partial charge in [0.1, 0.15) is 6.54 Å². The second-order valence-electron chi connectivity index (χ2n) is 7.34. The van der Waals surface area contributed by atoms with Gasteiger partial charge in [0.25, 0.3) is 0 Å². The van der Waals surface area contributed by atoms with Gasteiger partial charge in [-0.2, -0.15) is 0 Å². The fraction of sp³-hybridized carbons (Fsp3) is 0.882. The van der Waals surface area contributed by atoms with Crippen LogP contribution >= 0.6 is 24.0 Å². The van der Waals surface area contributed by atoms with Gasteiger partial charge >= 0.3 is 0 Å². The van der Waals surface area contributed by atoms with Gasteiger partial charge in [-0.3, -0.25) is 14.6 Å². The van der Waals surface area contributed by atoms with Crippen LogP contribution in [-0.4, -0.2) is 112 Å². The van der Waals surface area contributed by atoms with Crippen molar-refractivity contribution in [2.24, 2.45) is 4.99 Å². The molecule has 0 aromatic carbocycles. The van der Waals surface area contributed by atoms with Crippen LogP contribution < -0.4 is 10.6 Å². The number of halogens is 1. The molecule has 2 N–H and O–H groups in total. The smallest absolute Gasteiger partial charge is 0.243 e. The summed E-state index contributed by atoms with van der Waals surface area (Å²) in [6.07, 6.45) is 2.46. The molecule has 4 fully saturated rings. The molecule has 150 valence electrons. The number of nitrogens with one attached hydrogen (secondary N) is 2. The second-order valence-corrected chi connectivity index (χ2v) is 7.34. The molecule has 4 rings (SSSR count). The lowest BCUT2D eigenvalue weighted by Crippen LogP contribution is -2.64. The molecule has 0 aromatic rings. The number of fused-ring (bicyclic) bond motifs is 3. The topological polar surface area (TPSA) is 72.4 Å². The zero-order valence-electron chi connectivity index (χ0n) is 15.9. The number of ether oxygens (including phenoxy) is 1. The number of likely N-dealkylation sites (N-methyl/N-ethyl adjacent to an activating group) is 1. The quantitative estimate of drug-likeness (QED) is 0.301. The van der Waals surface area contributed by atoms with Crippen molar-refractivity contribution in [1.29, 1.82) is 0 Å². The third-order valence-corrected chi connectivity index (χ3v) is 5.29. The Bertz CT molecular complexity index is 476. The first-order chi connectivity index (χ1) is 12.1. The third kappa shape index (κ3) is 6.21. The van der Waals surface area contributed by atoms with E-state index in [-0.39, 0.29) is 42.5 Å². The average molecular weight is 480 g/mol. The predicted molar refractivity (Wildman–Crippen MR) is 113 cm³/mol. The largest absolute Gasteiger partial charge is 0.376 e. The number of nitrogens with zero attached hydrogens (tertiary/aromatic N) is 4. The Morgan fingerprint density at radius 1 is 1.19 bits per heavy atom. The van der Waals surface area contributed by atoms with Crippen molar-refractivity contribution < 1.29 is 9.53 Å². The number of aliphatic imine (C=N–C) groups is 1. The van der Waals surface area contributed by atoms with Crippen molar-refractivity contribution in [1.82, 2.24) is 25.3 Å². The highest BCUT2D eigenvalue weighted by atomic mass is 127. The van der Waals surface area contributed by atoms with E-state index in [2.05, 4.69) is 25.4 Å². The van der Waals surface area contributed by atoms with Gasteiger partial charge in [-0.1, -0.05) is 0 Å². The number of piperazine rings is 3. The number of hydrogen-bond donors (Lipinski definition) is 2. The standard InChI is InChI=1S/C17H32N6O2.HI/c1-21(2)16(24)12-20-17(19-11-15-4-3-9-25-15)18-10-14-13-22-5-7-23(14)8-6-22;/h14-15H,3-13H2,1-2H3,(H2,18,19,20);1H. The van der Waals surface area contributed by atoms with E-state index in [1.165, 1.54) is 13.1 Å². The molecule has 2 bridgehead atoms. The van der Waals surface area contributed by atoms with Crippen LogP contribution in [0.5, 0.6) is 0 Å². The van der Waals surface area contributed by atoms with Crippen molar-refractivity contribution >= 4 is 35.8 Å². The molecule has 4 heterocycles. The molecule has 26 heavy (non-hydrogen) atoms. The van der Waals surface area contributed by atoms with Crippen molar-refractivity contribution in [3.05, 3.63) is 0 Å². The van der Waals surface area contributed by atoms with Crippen molar-refractivity contribution in [3.8, 4) is 0 Å². The highest BCUT2D eigenvalue weighted by Crippen LogP contribution is 2.14. The fourth-order valence-electron chi connectivity index (χ4n) is 3.61. The number of carbonyl (C=O) groups excluding carboxylic acids is 1. The number of guanidine groups is 1. The van der Waals surface area contributed by atoms with E-state index in [1.807, 2.05) is 0 Å². The monoisotopic (exact) mass is 480 g/mol. The molecular formula is C17H33IN6O2. The zero-order chi connectivity index (χ0) is 17.6. The molecule has 1 amide bonds. The lowest BCUT2D eigenvalue weighted by Gasteiger charge is -2.47. The summed E-state index contributed by atoms with van der Waals surface area (Å²) >= 11 is 0. The van der Waals surface area contributed by atoms with E-state index < -0.39 is 0 Å². The molecule has 0 radical (unpaired) electrons. The van der Waals surface area contributed by atoms with Crippen LogP contribution in [0.15, 0.2) is 4.99 Å². The van der Waals surface area contributed by atoms with Gasteiger partial charge in [0.05, 0.1) is 6.10 Å². The van der Waals surface area contributed by atoms with Gasteiger partial charge in [0.15, 0.2) is 5.96 Å². The van der Waals surface area contributed by atoms with Crippen molar-refractivity contribution in [2.75, 3.05) is 73.1 Å². The van der Waals surface area contributed by atoms with Gasteiger partial charge in [-0.05, 0) is 12.8 Å². The predicted octanol–water partition coefficient (Wildman–Crippen LogP) is -0.593. The number of carbonyl (C=O) groups is 1. The highest BCUT2D eigenvalue weighted by molar-refractivity contribution is 14.0. The Morgan fingerprint density at radius 3 is 2.50 bits per heavy atom. The maximum Gasteiger partial charge on any atom is 0.243 e. The van der Waals surface area contributed by atoms with Gasteiger partial charge in [0, 0.05) is 72.6 Å². The molecule has 0 aliphatic carbocycles. The first-order valence-electron chi connectivity index (χ1n) is 9.42. The Hall–Kier alpha value is -0.650. The molecule has 4 aliphatic rings. The van der Waals surface area contributed by atoms with E-state index in [0.717, 1.165) is 52.2 Å². The summed E-state index contributed by atoms with van der Waals surface area (Å²) in [6, 6.07) is 0.516. The number of amides is 1. The average Bonchev–Trinajstić information content (AvgIpc) is 3.15. The highest BCUT2D eigenvalue weighted by Gasteiger charge is 2.31. The van der Waals surface area contributed by atoms with E-state index in [4.69, 9.17) is 4.74 Å². The number of hydrogen-bond acceptors (Lipinski definition) is 5. The number of rotatable bonds is 6. The molecule has 0 aromatic heterocycles. The Balaban J connectivity index is 0.00000243. The van der Waals surface area contributed by atoms with E-state index in [9.17, 15) is 4.79 Å². The first kappa shape index (κ1) is 21.6. The molecule has 8 nitrogen and oxygen atoms in total. The molecule has 9 heteroatoms. The third-order valence-electron chi connectivity index (χ3n) is 5.29. The van der Waals surface area contributed by atoms with Gasteiger partial charge in [0.2, 0.25) is 5.91 Å². The Morgan fingerprint density at radius 2 is 1.92 bits per heavy atom. The summed E-state index contributed by atoms with van der Waals surface area (Å²) in [7, 11) is 3.51. The van der Waals surface area contributed by atoms with E-state index >= 15 is 0 Å². The van der Waals surface area contributed by atoms with Crippen LogP contribution in [-0.2, 0) is 9.53 Å². The van der Waals surface area contributed by atoms with Crippen LogP contribution in [0, 0.1) is 0 Å². The second kappa shape index (κ2) is 10.6. The molecule has 0 saturated carbocycles. The Kier molecular flexibility index (Phi) is 8.85. The lowest BCUT2D eigenvalue weighted by atomic mass is 10.1. The SMILES string of the molecule is CN(C)C(=O)CN=C(NCC1CCCO1)NCC1CN2CCN1CC2.I. The van der Waals surface area contributed by atoms with Gasteiger partial charge < -0.3 is 20.3 Å². The fourth-order valence-corrected chi connectivity index (χ4v) is 3.61. The molecule has 2 unspecified atom stereocenters. The summed E-state index contributed by atoms with van der Waals surface area (Å²) in [4.78, 5) is 23.0. The summed E-state index contributed by atoms with van der Waals surface area (Å²) < 4.78 is 5.67. The van der Waals surface area contributed by atoms with Crippen LogP contribution in [0.3, 0.4) is 0 Å². The molecular weight excluding hydrogens is 447 g/mol. The van der Waals surface area contributed by atoms with Crippen LogP contribution in [0.2, 0.25) is 0 Å². The molecule has 0 spiro atoms. The van der Waals surface area contributed by atoms with Crippen LogP contribution in [0.1, 0.15) is 12.8 Å². The minimum absolute atomic E-state index is 0. The Labute approximate surface area is 173 Å². The zero-order valence-corrected chi connectivity index (χ0v) is 18.3. The molecule has 4 aliphatic heterocycles. The normalized spacial score (nSPS) is 30.6. The molecule has 2 atom stereocenters. The van der Waals surface area contributed by atoms with Crippen LogP contribution in [0.4, 0.5) is 0 Å². The minimum atomic E-state index is 0. The van der Waals surface area contributed by atoms with Gasteiger partial charge in [-0.15, -0.1) is 24.0 Å². The summed E-state index contributed by atoms with van der Waals surface area (Å²) in [5.41, 5.74) is 0. The van der Waals surface area contributed by atoms with Crippen molar-refractivity contribution in [3.63, 3.8) is 0 Å². The minimum Gasteiger partial charge on any atom is -0.376 e. The maximum atomic E-state index is 11.8. The van der Waals surface area contributed by atoms with Crippen molar-refractivity contribution in [2.45, 2.75) is 25.0 Å². The summed E-state index contributed by atoms with van der Waals surface area (Å²) in [6.45, 7) is 8.39. The molecule has 4 saturated heterocycles. The van der Waals surface area contributed by atoms with Crippen LogP contribution in [0.25, 0.3) is 0 Å². The first-order valence-corrected chi connectivity index (χ1v) is 9.42. The summed E-state index contributed by atoms with van der Waals surface area (Å²) in [5.74, 6) is 0.716. The lowest BCUT2D eigenvalue weighted by molar-refractivity contribution is -0.127.